The number of aliphatic hydroxyl groups is 1. The Bertz CT molecular complexity index is 851. The van der Waals surface area contributed by atoms with Gasteiger partial charge in [-0.2, -0.15) is 0 Å². The molecule has 0 amide bonds. The highest BCUT2D eigenvalue weighted by Gasteiger charge is 2.46. The minimum absolute atomic E-state index is 0.183. The third kappa shape index (κ3) is 4.86. The largest absolute Gasteiger partial charge is 0.364 e. The van der Waals surface area contributed by atoms with Gasteiger partial charge < -0.3 is 9.84 Å². The van der Waals surface area contributed by atoms with E-state index in [1.54, 1.807) is 12.1 Å². The number of hydrogen-bond donors (Lipinski definition) is 1. The van der Waals surface area contributed by atoms with Gasteiger partial charge in [0.1, 0.15) is 0 Å². The van der Waals surface area contributed by atoms with Crippen molar-refractivity contribution in [1.82, 2.24) is 0 Å². The van der Waals surface area contributed by atoms with Crippen LogP contribution in [0.25, 0.3) is 0 Å². The molecule has 0 radical (unpaired) electrons. The maximum Gasteiger partial charge on any atom is 0.257 e. The Morgan fingerprint density at radius 1 is 1.03 bits per heavy atom. The van der Waals surface area contributed by atoms with E-state index < -0.39 is 42.3 Å². The average molecular weight is 424 g/mol. The Morgan fingerprint density at radius 3 is 2.33 bits per heavy atom. The van der Waals surface area contributed by atoms with Crippen LogP contribution in [0.15, 0.2) is 36.4 Å². The van der Waals surface area contributed by atoms with Crippen molar-refractivity contribution in [3.63, 3.8) is 0 Å². The number of rotatable bonds is 7. The lowest BCUT2D eigenvalue weighted by atomic mass is 9.79. The van der Waals surface area contributed by atoms with E-state index in [0.717, 1.165) is 12.0 Å². The monoisotopic (exact) mass is 424 g/mol. The van der Waals surface area contributed by atoms with Crippen LogP contribution in [0.2, 0.25) is 0 Å². The minimum Gasteiger partial charge on any atom is -0.364 e. The summed E-state index contributed by atoms with van der Waals surface area (Å²) in [6.45, 7) is 3.85. The van der Waals surface area contributed by atoms with E-state index in [1.807, 2.05) is 26.0 Å². The van der Waals surface area contributed by atoms with Crippen LogP contribution in [-0.2, 0) is 17.6 Å². The molecule has 1 aliphatic carbocycles. The predicted molar refractivity (Wildman–Crippen MR) is 108 cm³/mol. The van der Waals surface area contributed by atoms with E-state index in [0.29, 0.717) is 24.8 Å². The number of hydrogen-bond acceptors (Lipinski definition) is 2. The Balaban J connectivity index is 1.68. The molecule has 2 aromatic carbocycles. The lowest BCUT2D eigenvalue weighted by molar-refractivity contribution is -0.184. The van der Waals surface area contributed by atoms with Crippen LogP contribution in [0.4, 0.5) is 17.6 Å². The molecule has 1 fully saturated rings. The van der Waals surface area contributed by atoms with Crippen LogP contribution in [0.5, 0.6) is 0 Å². The molecule has 2 nitrogen and oxygen atoms in total. The molecule has 0 spiro atoms. The van der Waals surface area contributed by atoms with Crippen molar-refractivity contribution in [2.75, 3.05) is 0 Å². The summed E-state index contributed by atoms with van der Waals surface area (Å²) < 4.78 is 63.5. The Hall–Kier alpha value is -1.92. The van der Waals surface area contributed by atoms with E-state index in [2.05, 4.69) is 0 Å². The molecular formula is C24H28F4O2. The number of aliphatic hydroxyl groups excluding tert-OH is 1. The first-order chi connectivity index (χ1) is 14.3. The quantitative estimate of drug-likeness (QED) is 0.408. The van der Waals surface area contributed by atoms with E-state index in [1.165, 1.54) is 12.1 Å². The molecule has 0 saturated heterocycles. The number of aryl methyl sites for hydroxylation is 2. The third-order valence-corrected chi connectivity index (χ3v) is 5.88. The van der Waals surface area contributed by atoms with Crippen LogP contribution in [-0.4, -0.2) is 17.1 Å². The van der Waals surface area contributed by atoms with Crippen LogP contribution in [0.3, 0.4) is 0 Å². The van der Waals surface area contributed by atoms with Crippen molar-refractivity contribution in [2.45, 2.75) is 76.6 Å². The number of benzene rings is 2. The molecule has 1 N–H and O–H groups in total. The molecule has 6 heteroatoms. The molecule has 164 valence electrons. The summed E-state index contributed by atoms with van der Waals surface area (Å²) in [5.41, 5.74) is 1.51. The lowest BCUT2D eigenvalue weighted by Gasteiger charge is -2.37. The summed E-state index contributed by atoms with van der Waals surface area (Å²) in [6.07, 6.45) is -0.986. The summed E-state index contributed by atoms with van der Waals surface area (Å²) in [6, 6.07) is 9.85. The number of alkyl halides is 2. The van der Waals surface area contributed by atoms with Crippen LogP contribution < -0.4 is 0 Å². The van der Waals surface area contributed by atoms with Gasteiger partial charge >= 0.3 is 0 Å². The summed E-state index contributed by atoms with van der Waals surface area (Å²) in [5.74, 6) is -6.17. The first-order valence-corrected chi connectivity index (χ1v) is 10.5. The van der Waals surface area contributed by atoms with E-state index in [-0.39, 0.29) is 17.5 Å². The smallest absolute Gasteiger partial charge is 0.257 e. The SMILES string of the molecule is CCCc1ccc(C(O)OC2CCC(c3ccc(CC)cc3)C(F)(F)C2)c(F)c1F. The van der Waals surface area contributed by atoms with Gasteiger partial charge in [-0.3, -0.25) is 0 Å². The molecule has 1 saturated carbocycles. The Morgan fingerprint density at radius 2 is 1.73 bits per heavy atom. The second kappa shape index (κ2) is 9.48. The Labute approximate surface area is 174 Å². The molecule has 0 aromatic heterocycles. The fourth-order valence-corrected chi connectivity index (χ4v) is 4.14. The van der Waals surface area contributed by atoms with E-state index in [4.69, 9.17) is 4.74 Å². The van der Waals surface area contributed by atoms with E-state index in [9.17, 15) is 22.7 Å². The third-order valence-electron chi connectivity index (χ3n) is 5.88. The highest BCUT2D eigenvalue weighted by atomic mass is 19.3. The maximum atomic E-state index is 14.8. The average Bonchev–Trinajstić information content (AvgIpc) is 2.71. The van der Waals surface area contributed by atoms with Crippen LogP contribution in [0, 0.1) is 11.6 Å². The summed E-state index contributed by atoms with van der Waals surface area (Å²) >= 11 is 0. The van der Waals surface area contributed by atoms with Gasteiger partial charge in [-0.15, -0.1) is 0 Å². The highest BCUT2D eigenvalue weighted by molar-refractivity contribution is 5.29. The molecule has 3 atom stereocenters. The first-order valence-electron chi connectivity index (χ1n) is 10.5. The van der Waals surface area contributed by atoms with Crippen molar-refractivity contribution < 1.29 is 27.4 Å². The van der Waals surface area contributed by atoms with Crippen molar-refractivity contribution in [3.8, 4) is 0 Å². The zero-order chi connectivity index (χ0) is 21.9. The fourth-order valence-electron chi connectivity index (χ4n) is 4.14. The zero-order valence-electron chi connectivity index (χ0n) is 17.3. The van der Waals surface area contributed by atoms with Crippen molar-refractivity contribution in [1.29, 1.82) is 0 Å². The first kappa shape index (κ1) is 22.8. The van der Waals surface area contributed by atoms with Crippen molar-refractivity contribution in [2.24, 2.45) is 0 Å². The van der Waals surface area contributed by atoms with Gasteiger partial charge in [-0.05, 0) is 42.4 Å². The Kier molecular flexibility index (Phi) is 7.19. The molecular weight excluding hydrogens is 396 g/mol. The lowest BCUT2D eigenvalue weighted by Crippen LogP contribution is -2.38. The van der Waals surface area contributed by atoms with Crippen LogP contribution in [0.1, 0.15) is 74.0 Å². The molecule has 30 heavy (non-hydrogen) atoms. The second-order valence-corrected chi connectivity index (χ2v) is 7.99. The molecule has 1 aliphatic rings. The van der Waals surface area contributed by atoms with Crippen molar-refractivity contribution in [3.05, 3.63) is 70.3 Å². The zero-order valence-corrected chi connectivity index (χ0v) is 17.3. The van der Waals surface area contributed by atoms with Gasteiger partial charge in [0, 0.05) is 17.9 Å². The van der Waals surface area contributed by atoms with Gasteiger partial charge in [0.2, 0.25) is 0 Å². The number of ether oxygens (including phenoxy) is 1. The maximum absolute atomic E-state index is 14.8. The standard InChI is InChI=1S/C24H28F4O2/c1-3-5-17-10-12-19(22(26)21(17)25)23(29)30-18-11-13-20(24(27,28)14-18)16-8-6-15(4-2)7-9-16/h6-10,12,18,20,23,29H,3-5,11,13-14H2,1-2H3. The fraction of sp³-hybridized carbons (Fsp3) is 0.500. The van der Waals surface area contributed by atoms with Gasteiger partial charge in [-0.1, -0.05) is 56.7 Å². The summed E-state index contributed by atoms with van der Waals surface area (Å²) in [4.78, 5) is 0. The second-order valence-electron chi connectivity index (χ2n) is 7.99. The van der Waals surface area contributed by atoms with Crippen molar-refractivity contribution >= 4 is 0 Å². The number of halogens is 4. The van der Waals surface area contributed by atoms with Gasteiger partial charge in [0.15, 0.2) is 17.9 Å². The topological polar surface area (TPSA) is 29.5 Å². The molecule has 0 aliphatic heterocycles. The van der Waals surface area contributed by atoms with Gasteiger partial charge in [0.05, 0.1) is 6.10 Å². The molecule has 3 rings (SSSR count). The van der Waals surface area contributed by atoms with E-state index >= 15 is 0 Å². The minimum atomic E-state index is -3.02. The molecule has 0 heterocycles. The summed E-state index contributed by atoms with van der Waals surface area (Å²) in [5, 5.41) is 10.2. The molecule has 2 aromatic rings. The molecule has 0 bridgehead atoms. The van der Waals surface area contributed by atoms with Gasteiger partial charge in [0.25, 0.3) is 5.92 Å². The predicted octanol–water partition coefficient (Wildman–Crippen LogP) is 6.46. The highest BCUT2D eigenvalue weighted by Crippen LogP contribution is 2.46. The van der Waals surface area contributed by atoms with Crippen LogP contribution >= 0.6 is 0 Å². The normalized spacial score (nSPS) is 22.1. The summed E-state index contributed by atoms with van der Waals surface area (Å²) in [7, 11) is 0. The molecule has 3 unspecified atom stereocenters. The van der Waals surface area contributed by atoms with Gasteiger partial charge in [-0.25, -0.2) is 17.6 Å².